The number of methoxy groups -OCH3 is 1. The Balaban J connectivity index is 2.95. The fourth-order valence-corrected chi connectivity index (χ4v) is 2.98. The molecule has 0 saturated heterocycles. The first-order chi connectivity index (χ1) is 9.77. The summed E-state index contributed by atoms with van der Waals surface area (Å²) in [5.41, 5.74) is 5.81. The third kappa shape index (κ3) is 5.00. The van der Waals surface area contributed by atoms with Crippen molar-refractivity contribution in [1.82, 2.24) is 9.62 Å². The van der Waals surface area contributed by atoms with E-state index in [9.17, 15) is 13.2 Å². The van der Waals surface area contributed by atoms with Gasteiger partial charge in [-0.25, -0.2) is 17.9 Å². The summed E-state index contributed by atoms with van der Waals surface area (Å²) >= 11 is 0. The number of hydrogen-bond donors (Lipinski definition) is 2. The van der Waals surface area contributed by atoms with Crippen LogP contribution in [0.2, 0.25) is 0 Å². The van der Waals surface area contributed by atoms with Crippen molar-refractivity contribution in [3.05, 3.63) is 23.8 Å². The molecule has 0 aromatic heterocycles. The molecule has 0 bridgehead atoms. The standard InChI is InChI=1S/C13H21N3O4S/c1-16(2)8-4-7-15-21(18,19)12-6-5-10(14)9-11(12)13(17)20-3/h5-6,9,15H,4,7-8,14H2,1-3H3. The van der Waals surface area contributed by atoms with Gasteiger partial charge in [-0.1, -0.05) is 0 Å². The first-order valence-electron chi connectivity index (χ1n) is 6.40. The van der Waals surface area contributed by atoms with Crippen LogP contribution >= 0.6 is 0 Å². The summed E-state index contributed by atoms with van der Waals surface area (Å²) in [6.45, 7) is 1.04. The van der Waals surface area contributed by atoms with Crippen LogP contribution in [0.15, 0.2) is 23.1 Å². The number of rotatable bonds is 7. The molecular weight excluding hydrogens is 294 g/mol. The molecule has 0 saturated carbocycles. The molecule has 1 aromatic rings. The highest BCUT2D eigenvalue weighted by atomic mass is 32.2. The summed E-state index contributed by atoms with van der Waals surface area (Å²) in [5, 5.41) is 0. The maximum absolute atomic E-state index is 12.3. The van der Waals surface area contributed by atoms with Crippen molar-refractivity contribution >= 4 is 21.7 Å². The number of carbonyl (C=O) groups is 1. The Morgan fingerprint density at radius 2 is 2.05 bits per heavy atom. The Labute approximate surface area is 125 Å². The molecule has 0 fully saturated rings. The number of hydrogen-bond acceptors (Lipinski definition) is 6. The van der Waals surface area contributed by atoms with E-state index in [2.05, 4.69) is 9.46 Å². The fourth-order valence-electron chi connectivity index (χ4n) is 1.73. The minimum absolute atomic E-state index is 0.0717. The molecule has 0 aliphatic carbocycles. The van der Waals surface area contributed by atoms with Crippen molar-refractivity contribution in [2.24, 2.45) is 0 Å². The summed E-state index contributed by atoms with van der Waals surface area (Å²) < 4.78 is 31.6. The van der Waals surface area contributed by atoms with Crippen LogP contribution in [0.4, 0.5) is 5.69 Å². The van der Waals surface area contributed by atoms with Gasteiger partial charge in [-0.3, -0.25) is 0 Å². The summed E-state index contributed by atoms with van der Waals surface area (Å²) in [4.78, 5) is 13.5. The minimum atomic E-state index is -3.79. The van der Waals surface area contributed by atoms with E-state index in [1.165, 1.54) is 25.3 Å². The van der Waals surface area contributed by atoms with Gasteiger partial charge >= 0.3 is 5.97 Å². The zero-order chi connectivity index (χ0) is 16.0. The third-order valence-electron chi connectivity index (χ3n) is 2.77. The highest BCUT2D eigenvalue weighted by Crippen LogP contribution is 2.19. The van der Waals surface area contributed by atoms with Gasteiger partial charge < -0.3 is 15.4 Å². The van der Waals surface area contributed by atoms with Crippen LogP contribution in [0.1, 0.15) is 16.8 Å². The predicted octanol–water partition coefficient (Wildman–Crippen LogP) is 0.285. The lowest BCUT2D eigenvalue weighted by Crippen LogP contribution is -2.28. The van der Waals surface area contributed by atoms with Crippen molar-refractivity contribution in [3.63, 3.8) is 0 Å². The van der Waals surface area contributed by atoms with Gasteiger partial charge in [0.2, 0.25) is 10.0 Å². The van der Waals surface area contributed by atoms with Crippen molar-refractivity contribution in [1.29, 1.82) is 0 Å². The van der Waals surface area contributed by atoms with Gasteiger partial charge in [0.15, 0.2) is 0 Å². The van der Waals surface area contributed by atoms with E-state index in [1.807, 2.05) is 19.0 Å². The summed E-state index contributed by atoms with van der Waals surface area (Å²) in [6.07, 6.45) is 0.661. The smallest absolute Gasteiger partial charge is 0.339 e. The SMILES string of the molecule is COC(=O)c1cc(N)ccc1S(=O)(=O)NCCCN(C)C. The molecule has 3 N–H and O–H groups in total. The van der Waals surface area contributed by atoms with Gasteiger partial charge in [-0.2, -0.15) is 0 Å². The van der Waals surface area contributed by atoms with E-state index < -0.39 is 16.0 Å². The molecule has 8 heteroatoms. The molecule has 0 spiro atoms. The van der Waals surface area contributed by atoms with Crippen molar-refractivity contribution in [2.45, 2.75) is 11.3 Å². The van der Waals surface area contributed by atoms with Gasteiger partial charge in [-0.15, -0.1) is 0 Å². The molecule has 0 radical (unpaired) electrons. The number of nitrogens with one attached hydrogen (secondary N) is 1. The maximum Gasteiger partial charge on any atom is 0.339 e. The lowest BCUT2D eigenvalue weighted by atomic mass is 10.2. The van der Waals surface area contributed by atoms with Crippen molar-refractivity contribution in [3.8, 4) is 0 Å². The van der Waals surface area contributed by atoms with Gasteiger partial charge in [-0.05, 0) is 45.3 Å². The number of ether oxygens (including phenoxy) is 1. The van der Waals surface area contributed by atoms with Crippen LogP contribution in [0, 0.1) is 0 Å². The number of nitrogens with two attached hydrogens (primary N) is 1. The van der Waals surface area contributed by atoms with Gasteiger partial charge in [0.25, 0.3) is 0 Å². The van der Waals surface area contributed by atoms with Crippen LogP contribution in [-0.2, 0) is 14.8 Å². The van der Waals surface area contributed by atoms with E-state index in [4.69, 9.17) is 5.73 Å². The molecule has 0 unspecified atom stereocenters. The number of carbonyl (C=O) groups excluding carboxylic acids is 1. The van der Waals surface area contributed by atoms with Gasteiger partial charge in [0.1, 0.15) is 0 Å². The van der Waals surface area contributed by atoms with E-state index in [0.717, 1.165) is 6.54 Å². The Kier molecular flexibility index (Phi) is 6.13. The highest BCUT2D eigenvalue weighted by molar-refractivity contribution is 7.89. The molecule has 7 nitrogen and oxygen atoms in total. The molecule has 1 rings (SSSR count). The van der Waals surface area contributed by atoms with Crippen LogP contribution in [-0.4, -0.2) is 53.6 Å². The average Bonchev–Trinajstić information content (AvgIpc) is 2.42. The molecule has 118 valence electrons. The Morgan fingerprint density at radius 3 is 2.62 bits per heavy atom. The van der Waals surface area contributed by atoms with Crippen molar-refractivity contribution in [2.75, 3.05) is 40.0 Å². The van der Waals surface area contributed by atoms with Crippen LogP contribution in [0.3, 0.4) is 0 Å². The first-order valence-corrected chi connectivity index (χ1v) is 7.88. The highest BCUT2D eigenvalue weighted by Gasteiger charge is 2.22. The number of sulfonamides is 1. The zero-order valence-electron chi connectivity index (χ0n) is 12.4. The van der Waals surface area contributed by atoms with Gasteiger partial charge in [0.05, 0.1) is 17.6 Å². The molecule has 0 aliphatic rings. The van der Waals surface area contributed by atoms with E-state index >= 15 is 0 Å². The summed E-state index contributed by atoms with van der Waals surface area (Å²) in [6, 6.07) is 4.02. The molecule has 1 aromatic carbocycles. The number of esters is 1. The maximum atomic E-state index is 12.3. The lowest BCUT2D eigenvalue weighted by Gasteiger charge is -2.12. The average molecular weight is 315 g/mol. The van der Waals surface area contributed by atoms with E-state index in [-0.39, 0.29) is 17.0 Å². The molecule has 0 aliphatic heterocycles. The monoisotopic (exact) mass is 315 g/mol. The van der Waals surface area contributed by atoms with E-state index in [0.29, 0.717) is 12.1 Å². The number of benzene rings is 1. The quantitative estimate of drug-likeness (QED) is 0.426. The topological polar surface area (TPSA) is 102 Å². The number of nitrogens with zero attached hydrogens (tertiary/aromatic N) is 1. The third-order valence-corrected chi connectivity index (χ3v) is 4.29. The Bertz CT molecular complexity index is 599. The minimum Gasteiger partial charge on any atom is -0.465 e. The summed E-state index contributed by atoms with van der Waals surface area (Å²) in [7, 11) is 1.21. The largest absolute Gasteiger partial charge is 0.465 e. The van der Waals surface area contributed by atoms with Crippen molar-refractivity contribution < 1.29 is 17.9 Å². The summed E-state index contributed by atoms with van der Waals surface area (Å²) in [5.74, 6) is -0.740. The second-order valence-electron chi connectivity index (χ2n) is 4.80. The van der Waals surface area contributed by atoms with Crippen LogP contribution < -0.4 is 10.5 Å². The van der Waals surface area contributed by atoms with Crippen LogP contribution in [0.25, 0.3) is 0 Å². The Hall–Kier alpha value is -1.64. The molecule has 21 heavy (non-hydrogen) atoms. The van der Waals surface area contributed by atoms with Gasteiger partial charge in [0, 0.05) is 12.2 Å². The Morgan fingerprint density at radius 1 is 1.38 bits per heavy atom. The fraction of sp³-hybridized carbons (Fsp3) is 0.462. The molecule has 0 amide bonds. The normalized spacial score (nSPS) is 11.6. The lowest BCUT2D eigenvalue weighted by molar-refractivity contribution is 0.0596. The second kappa shape index (κ2) is 7.39. The molecule has 0 heterocycles. The zero-order valence-corrected chi connectivity index (χ0v) is 13.2. The number of nitrogen functional groups attached to an aromatic ring is 1. The molecular formula is C13H21N3O4S. The second-order valence-corrected chi connectivity index (χ2v) is 6.54. The molecule has 0 atom stereocenters. The van der Waals surface area contributed by atoms with E-state index in [1.54, 1.807) is 0 Å². The first kappa shape index (κ1) is 17.4. The number of anilines is 1. The van der Waals surface area contributed by atoms with Crippen LogP contribution in [0.5, 0.6) is 0 Å². The predicted molar refractivity (Wildman–Crippen MR) is 80.6 cm³/mol.